The van der Waals surface area contributed by atoms with Gasteiger partial charge in [-0.05, 0) is 44.7 Å². The lowest BCUT2D eigenvalue weighted by Gasteiger charge is -2.24. The van der Waals surface area contributed by atoms with Crippen LogP contribution in [0.3, 0.4) is 0 Å². The van der Waals surface area contributed by atoms with Gasteiger partial charge in [0.05, 0.1) is 0 Å². The quantitative estimate of drug-likeness (QED) is 0.803. The zero-order valence-corrected chi connectivity index (χ0v) is 12.3. The fourth-order valence-corrected chi connectivity index (χ4v) is 3.22. The number of carbonyl (C=O) groups excluding carboxylic acids is 1. The summed E-state index contributed by atoms with van der Waals surface area (Å²) in [4.78, 5) is 14.3. The number of nitrogens with one attached hydrogen (secondary N) is 2. The molecule has 2 fully saturated rings. The van der Waals surface area contributed by atoms with E-state index in [1.807, 2.05) is 0 Å². The molecule has 2 amide bonds. The highest BCUT2D eigenvalue weighted by Gasteiger charge is 2.17. The standard InChI is InChI=1S/C15H29N3O/c1-13(12-18-9-5-6-10-18)11-16-15(19)17-14-7-3-2-4-8-14/h13-14H,2-12H2,1H3,(H2,16,17,19)/t13-/m0/s1. The summed E-state index contributed by atoms with van der Waals surface area (Å²) in [6.45, 7) is 6.59. The van der Waals surface area contributed by atoms with E-state index in [-0.39, 0.29) is 6.03 Å². The Morgan fingerprint density at radius 3 is 2.53 bits per heavy atom. The average molecular weight is 267 g/mol. The molecule has 0 radical (unpaired) electrons. The van der Waals surface area contributed by atoms with Gasteiger partial charge in [-0.15, -0.1) is 0 Å². The minimum Gasteiger partial charge on any atom is -0.338 e. The van der Waals surface area contributed by atoms with Crippen molar-refractivity contribution in [2.24, 2.45) is 5.92 Å². The fourth-order valence-electron chi connectivity index (χ4n) is 3.22. The monoisotopic (exact) mass is 267 g/mol. The van der Waals surface area contributed by atoms with Gasteiger partial charge in [0, 0.05) is 19.1 Å². The van der Waals surface area contributed by atoms with Gasteiger partial charge in [-0.2, -0.15) is 0 Å². The molecule has 110 valence electrons. The number of rotatable bonds is 5. The van der Waals surface area contributed by atoms with Gasteiger partial charge in [-0.3, -0.25) is 0 Å². The first-order chi connectivity index (χ1) is 9.24. The second kappa shape index (κ2) is 7.73. The summed E-state index contributed by atoms with van der Waals surface area (Å²) in [5, 5.41) is 6.13. The van der Waals surface area contributed by atoms with E-state index in [1.165, 1.54) is 45.2 Å². The Labute approximate surface area is 117 Å². The Hall–Kier alpha value is -0.770. The number of carbonyl (C=O) groups is 1. The maximum Gasteiger partial charge on any atom is 0.315 e. The first-order valence-electron chi connectivity index (χ1n) is 8.01. The van der Waals surface area contributed by atoms with Gasteiger partial charge in [0.15, 0.2) is 0 Å². The molecule has 0 unspecified atom stereocenters. The van der Waals surface area contributed by atoms with Crippen molar-refractivity contribution in [2.45, 2.75) is 57.9 Å². The van der Waals surface area contributed by atoms with Crippen LogP contribution in [0.2, 0.25) is 0 Å². The maximum atomic E-state index is 11.8. The normalized spacial score (nSPS) is 23.2. The van der Waals surface area contributed by atoms with Crippen LogP contribution in [-0.2, 0) is 0 Å². The molecule has 1 saturated carbocycles. The molecule has 0 aromatic carbocycles. The van der Waals surface area contributed by atoms with Crippen LogP contribution in [0.5, 0.6) is 0 Å². The van der Waals surface area contributed by atoms with E-state index in [4.69, 9.17) is 0 Å². The number of hydrogen-bond donors (Lipinski definition) is 2. The molecular formula is C15H29N3O. The molecule has 2 rings (SSSR count). The summed E-state index contributed by atoms with van der Waals surface area (Å²) in [5.41, 5.74) is 0. The average Bonchev–Trinajstić information content (AvgIpc) is 2.90. The fraction of sp³-hybridized carbons (Fsp3) is 0.933. The third kappa shape index (κ3) is 5.39. The number of amides is 2. The van der Waals surface area contributed by atoms with E-state index >= 15 is 0 Å². The summed E-state index contributed by atoms with van der Waals surface area (Å²) in [6, 6.07) is 0.433. The van der Waals surface area contributed by atoms with Crippen LogP contribution in [0.25, 0.3) is 0 Å². The Kier molecular flexibility index (Phi) is 5.95. The van der Waals surface area contributed by atoms with E-state index in [9.17, 15) is 4.79 Å². The first-order valence-corrected chi connectivity index (χ1v) is 8.01. The Morgan fingerprint density at radius 2 is 1.84 bits per heavy atom. The molecule has 2 N–H and O–H groups in total. The van der Waals surface area contributed by atoms with Crippen LogP contribution in [-0.4, -0.2) is 43.2 Å². The van der Waals surface area contributed by atoms with E-state index in [1.54, 1.807) is 0 Å². The van der Waals surface area contributed by atoms with Crippen molar-refractivity contribution in [3.63, 3.8) is 0 Å². The molecule has 1 aliphatic carbocycles. The van der Waals surface area contributed by atoms with Gasteiger partial charge in [0.2, 0.25) is 0 Å². The Morgan fingerprint density at radius 1 is 1.16 bits per heavy atom. The van der Waals surface area contributed by atoms with Crippen LogP contribution >= 0.6 is 0 Å². The third-order valence-corrected chi connectivity index (χ3v) is 4.32. The smallest absolute Gasteiger partial charge is 0.315 e. The van der Waals surface area contributed by atoms with E-state index < -0.39 is 0 Å². The van der Waals surface area contributed by atoms with Gasteiger partial charge in [-0.1, -0.05) is 26.2 Å². The number of likely N-dealkylation sites (tertiary alicyclic amines) is 1. The summed E-state index contributed by atoms with van der Waals surface area (Å²) in [5.74, 6) is 0.537. The lowest BCUT2D eigenvalue weighted by Crippen LogP contribution is -2.45. The van der Waals surface area contributed by atoms with Gasteiger partial charge in [0.25, 0.3) is 0 Å². The van der Waals surface area contributed by atoms with Crippen LogP contribution in [0.1, 0.15) is 51.9 Å². The van der Waals surface area contributed by atoms with E-state index in [0.29, 0.717) is 12.0 Å². The molecule has 0 aromatic heterocycles. The highest BCUT2D eigenvalue weighted by Crippen LogP contribution is 2.17. The third-order valence-electron chi connectivity index (χ3n) is 4.32. The molecule has 0 bridgehead atoms. The topological polar surface area (TPSA) is 44.4 Å². The zero-order chi connectivity index (χ0) is 13.5. The second-order valence-corrected chi connectivity index (χ2v) is 6.30. The number of nitrogens with zero attached hydrogens (tertiary/aromatic N) is 1. The van der Waals surface area contributed by atoms with Crippen molar-refractivity contribution >= 4 is 6.03 Å². The minimum atomic E-state index is 0.0279. The van der Waals surface area contributed by atoms with Crippen LogP contribution in [0.15, 0.2) is 0 Å². The van der Waals surface area contributed by atoms with Crippen molar-refractivity contribution < 1.29 is 4.79 Å². The molecule has 0 spiro atoms. The van der Waals surface area contributed by atoms with Crippen molar-refractivity contribution in [3.8, 4) is 0 Å². The van der Waals surface area contributed by atoms with Gasteiger partial charge < -0.3 is 15.5 Å². The summed E-state index contributed by atoms with van der Waals surface area (Å²) >= 11 is 0. The highest BCUT2D eigenvalue weighted by atomic mass is 16.2. The number of hydrogen-bond acceptors (Lipinski definition) is 2. The molecule has 1 saturated heterocycles. The Balaban J connectivity index is 1.56. The molecular weight excluding hydrogens is 238 g/mol. The largest absolute Gasteiger partial charge is 0.338 e. The van der Waals surface area contributed by atoms with E-state index in [2.05, 4.69) is 22.5 Å². The molecule has 1 heterocycles. The molecule has 2 aliphatic rings. The molecule has 1 atom stereocenters. The van der Waals surface area contributed by atoms with Gasteiger partial charge in [-0.25, -0.2) is 4.79 Å². The number of urea groups is 1. The van der Waals surface area contributed by atoms with Crippen molar-refractivity contribution in [2.75, 3.05) is 26.2 Å². The predicted molar refractivity (Wildman–Crippen MR) is 78.2 cm³/mol. The molecule has 19 heavy (non-hydrogen) atoms. The molecule has 4 nitrogen and oxygen atoms in total. The maximum absolute atomic E-state index is 11.8. The lowest BCUT2D eigenvalue weighted by molar-refractivity contribution is 0.227. The summed E-state index contributed by atoms with van der Waals surface area (Å²) in [6.07, 6.45) is 8.82. The molecule has 0 aromatic rings. The van der Waals surface area contributed by atoms with Crippen LogP contribution in [0, 0.1) is 5.92 Å². The first kappa shape index (κ1) is 14.6. The van der Waals surface area contributed by atoms with Crippen molar-refractivity contribution in [1.82, 2.24) is 15.5 Å². The minimum absolute atomic E-state index is 0.0279. The zero-order valence-electron chi connectivity index (χ0n) is 12.3. The van der Waals surface area contributed by atoms with Gasteiger partial charge in [0.1, 0.15) is 0 Å². The highest BCUT2D eigenvalue weighted by molar-refractivity contribution is 5.74. The summed E-state index contributed by atoms with van der Waals surface area (Å²) < 4.78 is 0. The van der Waals surface area contributed by atoms with Crippen molar-refractivity contribution in [1.29, 1.82) is 0 Å². The molecule has 4 heteroatoms. The summed E-state index contributed by atoms with van der Waals surface area (Å²) in [7, 11) is 0. The van der Waals surface area contributed by atoms with E-state index in [0.717, 1.165) is 25.9 Å². The van der Waals surface area contributed by atoms with Gasteiger partial charge >= 0.3 is 6.03 Å². The molecule has 1 aliphatic heterocycles. The van der Waals surface area contributed by atoms with Crippen LogP contribution < -0.4 is 10.6 Å². The lowest BCUT2D eigenvalue weighted by atomic mass is 9.96. The SMILES string of the molecule is C[C@@H](CNC(=O)NC1CCCCC1)CN1CCCC1. The predicted octanol–water partition coefficient (Wildman–Crippen LogP) is 2.35. The Bertz CT molecular complexity index is 271. The second-order valence-electron chi connectivity index (χ2n) is 6.30. The van der Waals surface area contributed by atoms with Crippen LogP contribution in [0.4, 0.5) is 4.79 Å². The van der Waals surface area contributed by atoms with Crippen molar-refractivity contribution in [3.05, 3.63) is 0 Å².